The molecule has 2 heterocycles. The number of anilines is 1. The SMILES string of the molecule is C[C@@H]1CCc2nc(NC(=O)CCCC(=O)c3cccs3)sc2C1. The maximum atomic E-state index is 12.0. The molecule has 3 rings (SSSR count). The van der Waals surface area contributed by atoms with Crippen LogP contribution in [0.15, 0.2) is 17.5 Å². The number of amides is 1. The fourth-order valence-electron chi connectivity index (χ4n) is 2.74. The second kappa shape index (κ2) is 7.36. The van der Waals surface area contributed by atoms with E-state index in [1.54, 1.807) is 11.3 Å². The highest BCUT2D eigenvalue weighted by molar-refractivity contribution is 7.15. The quantitative estimate of drug-likeness (QED) is 0.791. The Balaban J connectivity index is 1.45. The van der Waals surface area contributed by atoms with Crippen molar-refractivity contribution in [2.24, 2.45) is 5.92 Å². The lowest BCUT2D eigenvalue weighted by Crippen LogP contribution is -2.12. The van der Waals surface area contributed by atoms with Crippen molar-refractivity contribution >= 4 is 39.5 Å². The van der Waals surface area contributed by atoms with E-state index in [2.05, 4.69) is 17.2 Å². The van der Waals surface area contributed by atoms with Crippen LogP contribution in [0.1, 0.15) is 52.8 Å². The second-order valence-electron chi connectivity index (χ2n) is 6.04. The molecule has 4 nitrogen and oxygen atoms in total. The molecule has 23 heavy (non-hydrogen) atoms. The van der Waals surface area contributed by atoms with Crippen LogP contribution in [0.5, 0.6) is 0 Å². The first-order chi connectivity index (χ1) is 11.1. The number of hydrogen-bond acceptors (Lipinski definition) is 5. The van der Waals surface area contributed by atoms with Crippen molar-refractivity contribution in [3.05, 3.63) is 33.0 Å². The van der Waals surface area contributed by atoms with E-state index in [-0.39, 0.29) is 11.7 Å². The van der Waals surface area contributed by atoms with E-state index in [9.17, 15) is 9.59 Å². The third-order valence-corrected chi connectivity index (χ3v) is 5.98. The highest BCUT2D eigenvalue weighted by Gasteiger charge is 2.20. The summed E-state index contributed by atoms with van der Waals surface area (Å²) in [5.41, 5.74) is 1.15. The molecule has 0 aromatic carbocycles. The van der Waals surface area contributed by atoms with Gasteiger partial charge in [0.15, 0.2) is 10.9 Å². The number of carbonyl (C=O) groups excluding carboxylic acids is 2. The van der Waals surface area contributed by atoms with Crippen molar-refractivity contribution < 1.29 is 9.59 Å². The average Bonchev–Trinajstić information content (AvgIpc) is 3.15. The van der Waals surface area contributed by atoms with Crippen LogP contribution < -0.4 is 5.32 Å². The summed E-state index contributed by atoms with van der Waals surface area (Å²) >= 11 is 3.05. The van der Waals surface area contributed by atoms with Gasteiger partial charge in [0.25, 0.3) is 0 Å². The molecule has 1 atom stereocenters. The molecule has 0 radical (unpaired) electrons. The Morgan fingerprint density at radius 2 is 2.26 bits per heavy atom. The number of aromatic nitrogens is 1. The zero-order valence-electron chi connectivity index (χ0n) is 13.1. The molecule has 0 aliphatic heterocycles. The number of carbonyl (C=O) groups is 2. The van der Waals surface area contributed by atoms with Gasteiger partial charge in [-0.25, -0.2) is 4.98 Å². The van der Waals surface area contributed by atoms with E-state index in [1.165, 1.54) is 22.6 Å². The Bertz CT molecular complexity index is 692. The van der Waals surface area contributed by atoms with E-state index in [1.807, 2.05) is 17.5 Å². The van der Waals surface area contributed by atoms with Crippen molar-refractivity contribution in [2.45, 2.75) is 45.4 Å². The normalized spacial score (nSPS) is 16.8. The first kappa shape index (κ1) is 16.3. The summed E-state index contributed by atoms with van der Waals surface area (Å²) in [5, 5.41) is 5.48. The van der Waals surface area contributed by atoms with Crippen LogP contribution in [-0.4, -0.2) is 16.7 Å². The third-order valence-electron chi connectivity index (χ3n) is 4.04. The van der Waals surface area contributed by atoms with Gasteiger partial charge in [0.05, 0.1) is 10.6 Å². The highest BCUT2D eigenvalue weighted by atomic mass is 32.1. The van der Waals surface area contributed by atoms with E-state index in [0.29, 0.717) is 30.3 Å². The minimum absolute atomic E-state index is 0.0527. The number of Topliss-reactive ketones (excluding diaryl/α,β-unsaturated/α-hetero) is 1. The van der Waals surface area contributed by atoms with Gasteiger partial charge in [0, 0.05) is 17.7 Å². The van der Waals surface area contributed by atoms with Gasteiger partial charge < -0.3 is 5.32 Å². The Kier molecular flexibility index (Phi) is 5.23. The predicted molar refractivity (Wildman–Crippen MR) is 94.4 cm³/mol. The van der Waals surface area contributed by atoms with Gasteiger partial charge in [-0.1, -0.05) is 13.0 Å². The first-order valence-electron chi connectivity index (χ1n) is 7.97. The number of thiazole rings is 1. The molecule has 0 fully saturated rings. The molecule has 1 aliphatic rings. The number of aryl methyl sites for hydroxylation is 1. The lowest BCUT2D eigenvalue weighted by Gasteiger charge is -2.15. The molecule has 0 saturated carbocycles. The summed E-state index contributed by atoms with van der Waals surface area (Å²) in [6, 6.07) is 3.70. The summed E-state index contributed by atoms with van der Waals surface area (Å²) in [6.07, 6.45) is 4.60. The van der Waals surface area contributed by atoms with Crippen LogP contribution >= 0.6 is 22.7 Å². The highest BCUT2D eigenvalue weighted by Crippen LogP contribution is 2.32. The van der Waals surface area contributed by atoms with E-state index in [0.717, 1.165) is 23.4 Å². The second-order valence-corrected chi connectivity index (χ2v) is 8.07. The summed E-state index contributed by atoms with van der Waals surface area (Å²) < 4.78 is 0. The van der Waals surface area contributed by atoms with Crippen molar-refractivity contribution in [2.75, 3.05) is 5.32 Å². The Morgan fingerprint density at radius 1 is 1.39 bits per heavy atom. The van der Waals surface area contributed by atoms with E-state index < -0.39 is 0 Å². The molecule has 0 bridgehead atoms. The fraction of sp³-hybridized carbons (Fsp3) is 0.471. The van der Waals surface area contributed by atoms with Gasteiger partial charge in [0.1, 0.15) is 0 Å². The lowest BCUT2D eigenvalue weighted by molar-refractivity contribution is -0.116. The third kappa shape index (κ3) is 4.26. The monoisotopic (exact) mass is 348 g/mol. The number of fused-ring (bicyclic) bond motifs is 1. The van der Waals surface area contributed by atoms with Crippen molar-refractivity contribution in [1.82, 2.24) is 4.98 Å². The number of rotatable bonds is 6. The van der Waals surface area contributed by atoms with Crippen molar-refractivity contribution in [3.8, 4) is 0 Å². The van der Waals surface area contributed by atoms with Crippen LogP contribution in [0, 0.1) is 5.92 Å². The van der Waals surface area contributed by atoms with E-state index >= 15 is 0 Å². The van der Waals surface area contributed by atoms with Gasteiger partial charge in [-0.05, 0) is 43.0 Å². The number of thiophene rings is 1. The molecule has 0 spiro atoms. The van der Waals surface area contributed by atoms with Crippen LogP contribution in [0.3, 0.4) is 0 Å². The Morgan fingerprint density at radius 3 is 3.04 bits per heavy atom. The minimum Gasteiger partial charge on any atom is -0.302 e. The molecule has 122 valence electrons. The Labute approximate surface area is 144 Å². The molecule has 1 aliphatic carbocycles. The largest absolute Gasteiger partial charge is 0.302 e. The molecule has 6 heteroatoms. The summed E-state index contributed by atoms with van der Waals surface area (Å²) in [5.74, 6) is 0.768. The van der Waals surface area contributed by atoms with Crippen LogP contribution in [0.25, 0.3) is 0 Å². The molecule has 2 aromatic heterocycles. The molecule has 0 unspecified atom stereocenters. The van der Waals surface area contributed by atoms with Crippen LogP contribution in [-0.2, 0) is 17.6 Å². The zero-order valence-corrected chi connectivity index (χ0v) is 14.8. The predicted octanol–water partition coefficient (Wildman–Crippen LogP) is 4.32. The van der Waals surface area contributed by atoms with Gasteiger partial charge >= 0.3 is 0 Å². The minimum atomic E-state index is -0.0527. The first-order valence-corrected chi connectivity index (χ1v) is 9.66. The zero-order chi connectivity index (χ0) is 16.2. The van der Waals surface area contributed by atoms with E-state index in [4.69, 9.17) is 0 Å². The fourth-order valence-corrected chi connectivity index (χ4v) is 4.63. The van der Waals surface area contributed by atoms with Crippen LogP contribution in [0.4, 0.5) is 5.13 Å². The molecule has 1 N–H and O–H groups in total. The maximum Gasteiger partial charge on any atom is 0.226 e. The smallest absolute Gasteiger partial charge is 0.226 e. The summed E-state index contributed by atoms with van der Waals surface area (Å²) in [6.45, 7) is 2.26. The summed E-state index contributed by atoms with van der Waals surface area (Å²) in [7, 11) is 0. The van der Waals surface area contributed by atoms with Crippen molar-refractivity contribution in [3.63, 3.8) is 0 Å². The topological polar surface area (TPSA) is 59.1 Å². The molecule has 0 saturated heterocycles. The molecular weight excluding hydrogens is 328 g/mol. The Hall–Kier alpha value is -1.53. The standard InChI is InChI=1S/C17H20N2O2S2/c1-11-7-8-12-15(10-11)23-17(18-12)19-16(21)6-2-4-13(20)14-5-3-9-22-14/h3,5,9,11H,2,4,6-8,10H2,1H3,(H,18,19,21)/t11-/m1/s1. The molecular formula is C17H20N2O2S2. The molecule has 2 aromatic rings. The van der Waals surface area contributed by atoms with Crippen molar-refractivity contribution in [1.29, 1.82) is 0 Å². The van der Waals surface area contributed by atoms with Crippen LogP contribution in [0.2, 0.25) is 0 Å². The number of nitrogens with zero attached hydrogens (tertiary/aromatic N) is 1. The maximum absolute atomic E-state index is 12.0. The lowest BCUT2D eigenvalue weighted by atomic mass is 9.93. The average molecular weight is 348 g/mol. The van der Waals surface area contributed by atoms with Gasteiger partial charge in [0.2, 0.25) is 5.91 Å². The van der Waals surface area contributed by atoms with Gasteiger partial charge in [-0.3, -0.25) is 9.59 Å². The molecule has 1 amide bonds. The number of ketones is 1. The number of hydrogen-bond donors (Lipinski definition) is 1. The van der Waals surface area contributed by atoms with Gasteiger partial charge in [-0.15, -0.1) is 22.7 Å². The summed E-state index contributed by atoms with van der Waals surface area (Å²) in [4.78, 5) is 30.5. The van der Waals surface area contributed by atoms with Gasteiger partial charge in [-0.2, -0.15) is 0 Å². The number of nitrogens with one attached hydrogen (secondary N) is 1.